The van der Waals surface area contributed by atoms with Crippen molar-refractivity contribution in [3.63, 3.8) is 0 Å². The zero-order valence-corrected chi connectivity index (χ0v) is 14.2. The second kappa shape index (κ2) is 6.21. The molecule has 1 aromatic carbocycles. The third kappa shape index (κ3) is 3.75. The average Bonchev–Trinajstić information content (AvgIpc) is 2.42. The van der Waals surface area contributed by atoms with Gasteiger partial charge in [0.2, 0.25) is 10.0 Å². The van der Waals surface area contributed by atoms with E-state index in [0.29, 0.717) is 36.2 Å². The summed E-state index contributed by atoms with van der Waals surface area (Å²) in [7, 11) is -2.20. The minimum absolute atomic E-state index is 0.0424. The van der Waals surface area contributed by atoms with Gasteiger partial charge in [0.05, 0.1) is 10.5 Å². The van der Waals surface area contributed by atoms with Crippen molar-refractivity contribution >= 4 is 31.6 Å². The first-order valence-corrected chi connectivity index (χ1v) is 8.79. The van der Waals surface area contributed by atoms with E-state index in [1.807, 2.05) is 0 Å². The number of nitrogen functional groups attached to an aromatic ring is 1. The third-order valence-corrected chi connectivity index (χ3v) is 6.11. The second-order valence-corrected chi connectivity index (χ2v) is 8.18. The van der Waals surface area contributed by atoms with Crippen molar-refractivity contribution < 1.29 is 18.3 Å². The molecule has 0 amide bonds. The van der Waals surface area contributed by atoms with Crippen molar-refractivity contribution in [1.29, 1.82) is 0 Å². The topological polar surface area (TPSA) is 92.9 Å². The van der Waals surface area contributed by atoms with Crippen molar-refractivity contribution in [3.05, 3.63) is 22.7 Å². The summed E-state index contributed by atoms with van der Waals surface area (Å²) >= 11 is 3.22. The van der Waals surface area contributed by atoms with Gasteiger partial charge in [0.25, 0.3) is 0 Å². The summed E-state index contributed by atoms with van der Waals surface area (Å²) in [6.45, 7) is 0.927. The van der Waals surface area contributed by atoms with Crippen molar-refractivity contribution in [2.24, 2.45) is 0 Å². The summed E-state index contributed by atoms with van der Waals surface area (Å²) in [4.78, 5) is 0.140. The van der Waals surface area contributed by atoms with Crippen LogP contribution in [0.25, 0.3) is 0 Å². The highest BCUT2D eigenvalue weighted by molar-refractivity contribution is 9.10. The average molecular weight is 379 g/mol. The van der Waals surface area contributed by atoms with Gasteiger partial charge in [-0.05, 0) is 34.1 Å². The van der Waals surface area contributed by atoms with Crippen LogP contribution < -0.4 is 5.73 Å². The highest BCUT2D eigenvalue weighted by atomic mass is 79.9. The monoisotopic (exact) mass is 378 g/mol. The minimum atomic E-state index is -3.67. The predicted octanol–water partition coefficient (Wildman–Crippen LogP) is 1.19. The zero-order chi connectivity index (χ0) is 15.7. The summed E-state index contributed by atoms with van der Waals surface area (Å²) < 4.78 is 32.0. The standard InChI is InChI=1S/C13H19BrN2O4S/c1-16(9-13(17)4-6-20-7-5-13)21(18,19)10-2-3-12(15)11(14)8-10/h2-3,8,17H,4-7,9,15H2,1H3. The van der Waals surface area contributed by atoms with E-state index in [1.165, 1.54) is 29.6 Å². The number of nitrogens with zero attached hydrogens (tertiary/aromatic N) is 1. The first-order chi connectivity index (χ1) is 9.74. The van der Waals surface area contributed by atoms with Gasteiger partial charge in [0.15, 0.2) is 0 Å². The number of aliphatic hydroxyl groups is 1. The van der Waals surface area contributed by atoms with E-state index in [2.05, 4.69) is 15.9 Å². The number of rotatable bonds is 4. The van der Waals surface area contributed by atoms with E-state index in [-0.39, 0.29) is 11.4 Å². The van der Waals surface area contributed by atoms with E-state index in [0.717, 1.165) is 0 Å². The smallest absolute Gasteiger partial charge is 0.242 e. The minimum Gasteiger partial charge on any atom is -0.398 e. The number of hydrogen-bond acceptors (Lipinski definition) is 5. The third-order valence-electron chi connectivity index (χ3n) is 3.62. The fraction of sp³-hybridized carbons (Fsp3) is 0.538. The Labute approximate surface area is 133 Å². The lowest BCUT2D eigenvalue weighted by Crippen LogP contribution is -2.47. The van der Waals surface area contributed by atoms with Crippen LogP contribution in [0.4, 0.5) is 5.69 Å². The summed E-state index contributed by atoms with van der Waals surface area (Å²) in [5.74, 6) is 0. The normalized spacial score (nSPS) is 18.9. The molecule has 118 valence electrons. The number of hydrogen-bond donors (Lipinski definition) is 2. The number of benzene rings is 1. The van der Waals surface area contributed by atoms with Crippen LogP contribution in [0.3, 0.4) is 0 Å². The van der Waals surface area contributed by atoms with Crippen LogP contribution in [0.1, 0.15) is 12.8 Å². The van der Waals surface area contributed by atoms with E-state index in [4.69, 9.17) is 10.5 Å². The Morgan fingerprint density at radius 1 is 1.43 bits per heavy atom. The number of sulfonamides is 1. The maximum Gasteiger partial charge on any atom is 0.242 e. The molecular weight excluding hydrogens is 360 g/mol. The lowest BCUT2D eigenvalue weighted by atomic mass is 9.95. The van der Waals surface area contributed by atoms with E-state index in [9.17, 15) is 13.5 Å². The SMILES string of the molecule is CN(CC1(O)CCOCC1)S(=O)(=O)c1ccc(N)c(Br)c1. The molecule has 6 nitrogen and oxygen atoms in total. The lowest BCUT2D eigenvalue weighted by Gasteiger charge is -2.35. The largest absolute Gasteiger partial charge is 0.398 e. The van der Waals surface area contributed by atoms with Crippen molar-refractivity contribution in [2.75, 3.05) is 32.5 Å². The van der Waals surface area contributed by atoms with Gasteiger partial charge in [0.1, 0.15) is 0 Å². The Morgan fingerprint density at radius 2 is 2.05 bits per heavy atom. The molecule has 0 saturated carbocycles. The Hall–Kier alpha value is -0.670. The molecule has 8 heteroatoms. The van der Waals surface area contributed by atoms with E-state index < -0.39 is 15.6 Å². The fourth-order valence-electron chi connectivity index (χ4n) is 2.26. The second-order valence-electron chi connectivity index (χ2n) is 5.28. The quantitative estimate of drug-likeness (QED) is 0.767. The molecule has 1 saturated heterocycles. The van der Waals surface area contributed by atoms with Crippen LogP contribution in [0, 0.1) is 0 Å². The van der Waals surface area contributed by atoms with Crippen molar-refractivity contribution in [2.45, 2.75) is 23.3 Å². The molecule has 21 heavy (non-hydrogen) atoms. The summed E-state index contributed by atoms with van der Waals surface area (Å²) in [5, 5.41) is 10.4. The fourth-order valence-corrected chi connectivity index (χ4v) is 4.06. The number of nitrogens with two attached hydrogens (primary N) is 1. The Balaban J connectivity index is 2.20. The molecule has 0 radical (unpaired) electrons. The van der Waals surface area contributed by atoms with E-state index in [1.54, 1.807) is 0 Å². The molecular formula is C13H19BrN2O4S. The molecule has 0 aliphatic carbocycles. The van der Waals surface area contributed by atoms with Crippen LogP contribution in [-0.4, -0.2) is 50.2 Å². The molecule has 3 N–H and O–H groups in total. The number of likely N-dealkylation sites (N-methyl/N-ethyl adjacent to an activating group) is 1. The maximum atomic E-state index is 12.5. The molecule has 1 aromatic rings. The molecule has 0 bridgehead atoms. The number of anilines is 1. The number of halogens is 1. The van der Waals surface area contributed by atoms with Crippen LogP contribution in [0.2, 0.25) is 0 Å². The Bertz CT molecular complexity index is 615. The van der Waals surface area contributed by atoms with Crippen LogP contribution in [0.15, 0.2) is 27.6 Å². The van der Waals surface area contributed by atoms with Crippen LogP contribution in [-0.2, 0) is 14.8 Å². The summed E-state index contributed by atoms with van der Waals surface area (Å²) in [5.41, 5.74) is 5.10. The van der Waals surface area contributed by atoms with Crippen LogP contribution >= 0.6 is 15.9 Å². The summed E-state index contributed by atoms with van der Waals surface area (Å²) in [6, 6.07) is 4.46. The first kappa shape index (κ1) is 16.7. The summed E-state index contributed by atoms with van der Waals surface area (Å²) in [6.07, 6.45) is 0.858. The molecule has 1 heterocycles. The van der Waals surface area contributed by atoms with Gasteiger partial charge in [-0.3, -0.25) is 0 Å². The highest BCUT2D eigenvalue weighted by Gasteiger charge is 2.35. The van der Waals surface area contributed by atoms with E-state index >= 15 is 0 Å². The molecule has 1 aliphatic heterocycles. The first-order valence-electron chi connectivity index (χ1n) is 6.56. The van der Waals surface area contributed by atoms with Crippen molar-refractivity contribution in [1.82, 2.24) is 4.31 Å². The number of ether oxygens (including phenoxy) is 1. The van der Waals surface area contributed by atoms with Gasteiger partial charge in [-0.25, -0.2) is 8.42 Å². The molecule has 0 spiro atoms. The molecule has 0 aromatic heterocycles. The molecule has 0 unspecified atom stereocenters. The predicted molar refractivity (Wildman–Crippen MR) is 83.4 cm³/mol. The zero-order valence-electron chi connectivity index (χ0n) is 11.8. The Morgan fingerprint density at radius 3 is 2.62 bits per heavy atom. The molecule has 0 atom stereocenters. The van der Waals surface area contributed by atoms with Gasteiger partial charge in [-0.2, -0.15) is 4.31 Å². The molecule has 2 rings (SSSR count). The van der Waals surface area contributed by atoms with Gasteiger partial charge < -0.3 is 15.6 Å². The van der Waals surface area contributed by atoms with Gasteiger partial charge in [-0.15, -0.1) is 0 Å². The van der Waals surface area contributed by atoms with Crippen LogP contribution in [0.5, 0.6) is 0 Å². The Kier molecular flexibility index (Phi) is 4.94. The van der Waals surface area contributed by atoms with Gasteiger partial charge in [0, 0.05) is 49.8 Å². The lowest BCUT2D eigenvalue weighted by molar-refractivity contribution is -0.0689. The van der Waals surface area contributed by atoms with Gasteiger partial charge >= 0.3 is 0 Å². The maximum absolute atomic E-state index is 12.5. The highest BCUT2D eigenvalue weighted by Crippen LogP contribution is 2.27. The van der Waals surface area contributed by atoms with Crippen molar-refractivity contribution in [3.8, 4) is 0 Å². The molecule has 1 aliphatic rings. The molecule has 1 fully saturated rings. The van der Waals surface area contributed by atoms with Gasteiger partial charge in [-0.1, -0.05) is 0 Å².